The number of rotatable bonds is 3. The number of ether oxygens (including phenoxy) is 1. The van der Waals surface area contributed by atoms with Crippen molar-refractivity contribution in [1.82, 2.24) is 0 Å². The van der Waals surface area contributed by atoms with Gasteiger partial charge in [-0.25, -0.2) is 0 Å². The average molecular weight is 319 g/mol. The smallest absolute Gasteiger partial charge is 0.314 e. The predicted molar refractivity (Wildman–Crippen MR) is 86.4 cm³/mol. The first-order valence-electron chi connectivity index (χ1n) is 6.52. The second-order valence-electron chi connectivity index (χ2n) is 4.60. The highest BCUT2D eigenvalue weighted by molar-refractivity contribution is 6.43. The third-order valence-corrected chi connectivity index (χ3v) is 3.24. The molecule has 0 aliphatic heterocycles. The van der Waals surface area contributed by atoms with E-state index < -0.39 is 11.8 Å². The third-order valence-electron chi connectivity index (χ3n) is 3.00. The van der Waals surface area contributed by atoms with E-state index in [4.69, 9.17) is 16.3 Å². The largest absolute Gasteiger partial charge is 0.497 e. The lowest BCUT2D eigenvalue weighted by molar-refractivity contribution is -0.133. The van der Waals surface area contributed by atoms with Crippen LogP contribution in [0.4, 0.5) is 11.4 Å². The van der Waals surface area contributed by atoms with Gasteiger partial charge in [-0.3, -0.25) is 9.59 Å². The number of benzene rings is 2. The maximum absolute atomic E-state index is 11.9. The van der Waals surface area contributed by atoms with Crippen LogP contribution < -0.4 is 15.4 Å². The zero-order chi connectivity index (χ0) is 16.1. The Hall–Kier alpha value is -2.53. The Morgan fingerprint density at radius 1 is 1.00 bits per heavy atom. The van der Waals surface area contributed by atoms with Crippen LogP contribution in [0.25, 0.3) is 0 Å². The molecule has 0 spiro atoms. The molecular formula is C16H15ClN2O3. The molecule has 0 radical (unpaired) electrons. The van der Waals surface area contributed by atoms with Crippen molar-refractivity contribution in [3.05, 3.63) is 53.1 Å². The number of anilines is 2. The van der Waals surface area contributed by atoms with Gasteiger partial charge in [-0.05, 0) is 48.9 Å². The zero-order valence-electron chi connectivity index (χ0n) is 12.1. The predicted octanol–water partition coefficient (Wildman–Crippen LogP) is 3.23. The molecule has 22 heavy (non-hydrogen) atoms. The highest BCUT2D eigenvalue weighted by Crippen LogP contribution is 2.20. The van der Waals surface area contributed by atoms with Crippen LogP contribution in [0.2, 0.25) is 5.02 Å². The van der Waals surface area contributed by atoms with Crippen molar-refractivity contribution < 1.29 is 14.3 Å². The number of hydrogen-bond donors (Lipinski definition) is 2. The summed E-state index contributed by atoms with van der Waals surface area (Å²) >= 11 is 5.87. The zero-order valence-corrected chi connectivity index (χ0v) is 12.9. The number of aryl methyl sites for hydroxylation is 1. The summed E-state index contributed by atoms with van der Waals surface area (Å²) in [5, 5.41) is 5.52. The van der Waals surface area contributed by atoms with Crippen molar-refractivity contribution in [2.75, 3.05) is 17.7 Å². The molecule has 0 unspecified atom stereocenters. The Labute approximate surface area is 133 Å². The molecule has 0 heterocycles. The molecule has 5 nitrogen and oxygen atoms in total. The van der Waals surface area contributed by atoms with Gasteiger partial charge in [0.25, 0.3) is 0 Å². The maximum atomic E-state index is 11.9. The molecule has 0 bridgehead atoms. The number of nitrogens with one attached hydrogen (secondary N) is 2. The summed E-state index contributed by atoms with van der Waals surface area (Å²) in [4.78, 5) is 23.8. The van der Waals surface area contributed by atoms with Crippen LogP contribution in [0.5, 0.6) is 5.75 Å². The standard InChI is InChI=1S/C16H15ClN2O3/c1-10-3-4-11(17)9-14(10)19-16(21)15(20)18-12-5-7-13(22-2)8-6-12/h3-9H,1-2H3,(H,18,20)(H,19,21). The van der Waals surface area contributed by atoms with Crippen LogP contribution in [-0.4, -0.2) is 18.9 Å². The first-order valence-corrected chi connectivity index (χ1v) is 6.90. The molecule has 2 amide bonds. The number of carbonyl (C=O) groups is 2. The van der Waals surface area contributed by atoms with Crippen LogP contribution in [0.15, 0.2) is 42.5 Å². The lowest BCUT2D eigenvalue weighted by atomic mass is 10.2. The van der Waals surface area contributed by atoms with Gasteiger partial charge in [0.2, 0.25) is 0 Å². The summed E-state index contributed by atoms with van der Waals surface area (Å²) in [5.41, 5.74) is 1.82. The summed E-state index contributed by atoms with van der Waals surface area (Å²) in [6, 6.07) is 11.7. The minimum atomic E-state index is -0.763. The van der Waals surface area contributed by atoms with Gasteiger partial charge in [0.05, 0.1) is 7.11 Å². The number of hydrogen-bond acceptors (Lipinski definition) is 3. The van der Waals surface area contributed by atoms with E-state index in [1.165, 1.54) is 0 Å². The van der Waals surface area contributed by atoms with Crippen molar-refractivity contribution in [3.63, 3.8) is 0 Å². The summed E-state index contributed by atoms with van der Waals surface area (Å²) in [7, 11) is 1.55. The van der Waals surface area contributed by atoms with E-state index in [0.717, 1.165) is 5.56 Å². The van der Waals surface area contributed by atoms with Crippen LogP contribution in [0.1, 0.15) is 5.56 Å². The van der Waals surface area contributed by atoms with Crippen LogP contribution in [0, 0.1) is 6.92 Å². The molecule has 2 aromatic carbocycles. The Bertz CT molecular complexity index is 699. The van der Waals surface area contributed by atoms with E-state index >= 15 is 0 Å². The van der Waals surface area contributed by atoms with E-state index in [-0.39, 0.29) is 0 Å². The van der Waals surface area contributed by atoms with Crippen molar-refractivity contribution >= 4 is 34.8 Å². The van der Waals surface area contributed by atoms with Crippen molar-refractivity contribution in [2.45, 2.75) is 6.92 Å². The van der Waals surface area contributed by atoms with Gasteiger partial charge in [-0.1, -0.05) is 17.7 Å². The van der Waals surface area contributed by atoms with Gasteiger partial charge in [0.1, 0.15) is 5.75 Å². The van der Waals surface area contributed by atoms with E-state index in [1.54, 1.807) is 49.6 Å². The molecule has 0 aromatic heterocycles. The number of methoxy groups -OCH3 is 1. The monoisotopic (exact) mass is 318 g/mol. The molecule has 0 fully saturated rings. The van der Waals surface area contributed by atoms with Gasteiger partial charge >= 0.3 is 11.8 Å². The fourth-order valence-corrected chi connectivity index (χ4v) is 1.94. The molecule has 114 valence electrons. The van der Waals surface area contributed by atoms with Crippen LogP contribution >= 0.6 is 11.6 Å². The second-order valence-corrected chi connectivity index (χ2v) is 5.03. The lowest BCUT2D eigenvalue weighted by Gasteiger charge is -2.09. The lowest BCUT2D eigenvalue weighted by Crippen LogP contribution is -2.29. The summed E-state index contributed by atoms with van der Waals surface area (Å²) < 4.78 is 5.02. The Balaban J connectivity index is 2.02. The van der Waals surface area contributed by atoms with Crippen LogP contribution in [-0.2, 0) is 9.59 Å². The van der Waals surface area contributed by atoms with E-state index in [0.29, 0.717) is 22.1 Å². The van der Waals surface area contributed by atoms with Crippen molar-refractivity contribution in [2.24, 2.45) is 0 Å². The highest BCUT2D eigenvalue weighted by atomic mass is 35.5. The fraction of sp³-hybridized carbons (Fsp3) is 0.125. The second kappa shape index (κ2) is 6.95. The quantitative estimate of drug-likeness (QED) is 0.854. The fourth-order valence-electron chi connectivity index (χ4n) is 1.77. The van der Waals surface area contributed by atoms with Crippen LogP contribution in [0.3, 0.4) is 0 Å². The average Bonchev–Trinajstić information content (AvgIpc) is 2.51. The van der Waals surface area contributed by atoms with Gasteiger partial charge in [0.15, 0.2) is 0 Å². The molecular weight excluding hydrogens is 304 g/mol. The molecule has 2 N–H and O–H groups in total. The van der Waals surface area contributed by atoms with Gasteiger partial charge in [-0.15, -0.1) is 0 Å². The first-order chi connectivity index (χ1) is 10.5. The number of halogens is 1. The Morgan fingerprint density at radius 3 is 2.27 bits per heavy atom. The normalized spacial score (nSPS) is 9.95. The molecule has 2 aromatic rings. The summed E-state index contributed by atoms with van der Waals surface area (Å²) in [6.45, 7) is 1.81. The first kappa shape index (κ1) is 15.9. The van der Waals surface area contributed by atoms with Gasteiger partial charge in [0, 0.05) is 16.4 Å². The van der Waals surface area contributed by atoms with E-state index in [2.05, 4.69) is 10.6 Å². The van der Waals surface area contributed by atoms with Gasteiger partial charge in [-0.2, -0.15) is 0 Å². The molecule has 2 rings (SSSR count). The highest BCUT2D eigenvalue weighted by Gasteiger charge is 2.15. The summed E-state index contributed by atoms with van der Waals surface area (Å²) in [6.07, 6.45) is 0. The van der Waals surface area contributed by atoms with E-state index in [9.17, 15) is 9.59 Å². The minimum Gasteiger partial charge on any atom is -0.497 e. The molecule has 0 aliphatic rings. The van der Waals surface area contributed by atoms with Crippen molar-refractivity contribution in [1.29, 1.82) is 0 Å². The van der Waals surface area contributed by atoms with E-state index in [1.807, 2.05) is 6.92 Å². The molecule has 0 saturated heterocycles. The molecule has 6 heteroatoms. The minimum absolute atomic E-state index is 0.483. The molecule has 0 atom stereocenters. The molecule has 0 aliphatic carbocycles. The molecule has 0 saturated carbocycles. The number of carbonyl (C=O) groups excluding carboxylic acids is 2. The van der Waals surface area contributed by atoms with Crippen molar-refractivity contribution in [3.8, 4) is 5.75 Å². The SMILES string of the molecule is COc1ccc(NC(=O)C(=O)Nc2cc(Cl)ccc2C)cc1. The van der Waals surface area contributed by atoms with Gasteiger partial charge < -0.3 is 15.4 Å². The Kier molecular flexibility index (Phi) is 5.01. The topological polar surface area (TPSA) is 67.4 Å². The maximum Gasteiger partial charge on any atom is 0.314 e. The Morgan fingerprint density at radius 2 is 1.64 bits per heavy atom. The summed E-state index contributed by atoms with van der Waals surface area (Å²) in [5.74, 6) is -0.859. The number of amides is 2. The third kappa shape index (κ3) is 3.99.